The van der Waals surface area contributed by atoms with Crippen molar-refractivity contribution in [3.05, 3.63) is 6.20 Å². The van der Waals surface area contributed by atoms with E-state index in [1.165, 1.54) is 11.3 Å². The summed E-state index contributed by atoms with van der Waals surface area (Å²) in [4.78, 5) is 5.75. The van der Waals surface area contributed by atoms with Crippen LogP contribution in [-0.4, -0.2) is 47.6 Å². The Balaban J connectivity index is 1.69. The van der Waals surface area contributed by atoms with Gasteiger partial charge in [0.1, 0.15) is 12.3 Å². The molecule has 2 N–H and O–H groups in total. The highest BCUT2D eigenvalue weighted by atomic mass is 32.2. The van der Waals surface area contributed by atoms with Crippen molar-refractivity contribution in [2.45, 2.75) is 16.6 Å². The van der Waals surface area contributed by atoms with Gasteiger partial charge in [0.15, 0.2) is 5.13 Å². The first-order valence-electron chi connectivity index (χ1n) is 5.00. The van der Waals surface area contributed by atoms with Gasteiger partial charge in [-0.05, 0) is 0 Å². The van der Waals surface area contributed by atoms with Crippen molar-refractivity contribution in [2.75, 3.05) is 31.1 Å². The van der Waals surface area contributed by atoms with Gasteiger partial charge in [-0.1, -0.05) is 11.3 Å². The highest BCUT2D eigenvalue weighted by molar-refractivity contribution is 8.01. The lowest BCUT2D eigenvalue weighted by molar-refractivity contribution is 0.217. The molecule has 16 heavy (non-hydrogen) atoms. The molecule has 0 spiro atoms. The number of alkyl halides is 2. The molecule has 7 heteroatoms. The molecule has 0 aliphatic carbocycles. The summed E-state index contributed by atoms with van der Waals surface area (Å²) in [6, 6.07) is 0. The van der Waals surface area contributed by atoms with Gasteiger partial charge in [0.2, 0.25) is 0 Å². The van der Waals surface area contributed by atoms with Crippen molar-refractivity contribution >= 4 is 28.2 Å². The zero-order valence-corrected chi connectivity index (χ0v) is 10.2. The first-order chi connectivity index (χ1) is 7.65. The van der Waals surface area contributed by atoms with Crippen molar-refractivity contribution in [3.8, 4) is 0 Å². The van der Waals surface area contributed by atoms with Crippen LogP contribution >= 0.6 is 23.1 Å². The number of likely N-dealkylation sites (tertiary alicyclic amines) is 1. The van der Waals surface area contributed by atoms with Crippen LogP contribution in [0.3, 0.4) is 0 Å². The van der Waals surface area contributed by atoms with Crippen molar-refractivity contribution in [2.24, 2.45) is 0 Å². The van der Waals surface area contributed by atoms with Crippen LogP contribution in [0, 0.1) is 0 Å². The maximum Gasteiger partial charge on any atom is 0.181 e. The molecule has 2 rings (SSSR count). The van der Waals surface area contributed by atoms with Crippen LogP contribution in [0.25, 0.3) is 0 Å². The van der Waals surface area contributed by atoms with Gasteiger partial charge in [-0.15, -0.1) is 11.8 Å². The van der Waals surface area contributed by atoms with E-state index in [1.807, 2.05) is 4.90 Å². The number of nitrogens with two attached hydrogens (primary N) is 1. The molecule has 0 bridgehead atoms. The van der Waals surface area contributed by atoms with Gasteiger partial charge >= 0.3 is 0 Å². The Kier molecular flexibility index (Phi) is 3.99. The Morgan fingerprint density at radius 1 is 1.50 bits per heavy atom. The molecule has 0 amide bonds. The molecular formula is C9H13F2N3S2. The summed E-state index contributed by atoms with van der Waals surface area (Å²) < 4.78 is 26.8. The lowest BCUT2D eigenvalue weighted by atomic mass is 10.3. The fraction of sp³-hybridized carbons (Fsp3) is 0.667. The Bertz CT molecular complexity index is 337. The van der Waals surface area contributed by atoms with Crippen LogP contribution in [0.1, 0.15) is 0 Å². The van der Waals surface area contributed by atoms with Crippen LogP contribution in [0.15, 0.2) is 10.4 Å². The first kappa shape index (κ1) is 12.1. The summed E-state index contributed by atoms with van der Waals surface area (Å²) in [5.74, 6) is 0.807. The molecule has 2 unspecified atom stereocenters. The second-order valence-electron chi connectivity index (χ2n) is 3.66. The Hall–Kier alpha value is -0.400. The molecule has 1 fully saturated rings. The molecule has 2 atom stereocenters. The average Bonchev–Trinajstić information content (AvgIpc) is 2.75. The minimum absolute atomic E-state index is 0.215. The molecule has 90 valence electrons. The summed E-state index contributed by atoms with van der Waals surface area (Å²) in [6.07, 6.45) is -0.905. The molecule has 1 aliphatic rings. The number of hydrogen-bond acceptors (Lipinski definition) is 5. The smallest absolute Gasteiger partial charge is 0.181 e. The zero-order chi connectivity index (χ0) is 11.5. The normalized spacial score (nSPS) is 26.4. The van der Waals surface area contributed by atoms with Crippen LogP contribution < -0.4 is 5.73 Å². The van der Waals surface area contributed by atoms with Crippen molar-refractivity contribution in [1.29, 1.82) is 0 Å². The second-order valence-corrected chi connectivity index (χ2v) is 6.11. The molecule has 0 saturated carbocycles. The van der Waals surface area contributed by atoms with Gasteiger partial charge in [0.25, 0.3) is 0 Å². The standard InChI is InChI=1S/C9H13F2N3S2/c10-6-4-14(5-7(6)11)1-2-15-8-3-13-9(12)16-8/h3,6-7H,1-2,4-5H2,(H2,12,13). The highest BCUT2D eigenvalue weighted by Crippen LogP contribution is 2.26. The van der Waals surface area contributed by atoms with E-state index >= 15 is 0 Å². The third-order valence-electron chi connectivity index (χ3n) is 2.41. The number of aromatic nitrogens is 1. The van der Waals surface area contributed by atoms with Gasteiger partial charge in [0, 0.05) is 25.4 Å². The number of nitrogen functional groups attached to an aromatic ring is 1. The SMILES string of the molecule is Nc1ncc(SCCN2CC(F)C(F)C2)s1. The van der Waals surface area contributed by atoms with Gasteiger partial charge < -0.3 is 5.73 Å². The van der Waals surface area contributed by atoms with E-state index in [0.29, 0.717) is 11.7 Å². The fourth-order valence-corrected chi connectivity index (χ4v) is 3.43. The van der Waals surface area contributed by atoms with Gasteiger partial charge in [-0.2, -0.15) is 0 Å². The quantitative estimate of drug-likeness (QED) is 0.843. The summed E-state index contributed by atoms with van der Waals surface area (Å²) in [7, 11) is 0. The molecule has 0 radical (unpaired) electrons. The number of thiazole rings is 1. The Morgan fingerprint density at radius 2 is 2.19 bits per heavy atom. The average molecular weight is 265 g/mol. The van der Waals surface area contributed by atoms with E-state index in [9.17, 15) is 8.78 Å². The van der Waals surface area contributed by atoms with E-state index in [1.54, 1.807) is 18.0 Å². The number of thioether (sulfide) groups is 1. The maximum atomic E-state index is 12.9. The number of nitrogens with zero attached hydrogens (tertiary/aromatic N) is 2. The lowest BCUT2D eigenvalue weighted by Gasteiger charge is -2.12. The predicted octanol–water partition coefficient (Wildman–Crippen LogP) is 1.81. The lowest BCUT2D eigenvalue weighted by Crippen LogP contribution is -2.23. The predicted molar refractivity (Wildman–Crippen MR) is 63.5 cm³/mol. The van der Waals surface area contributed by atoms with Gasteiger partial charge in [-0.25, -0.2) is 13.8 Å². The summed E-state index contributed by atoms with van der Waals surface area (Å²) >= 11 is 3.05. The van der Waals surface area contributed by atoms with Crippen LogP contribution in [-0.2, 0) is 0 Å². The number of halogens is 2. The zero-order valence-electron chi connectivity index (χ0n) is 8.60. The van der Waals surface area contributed by atoms with Crippen molar-refractivity contribution < 1.29 is 8.78 Å². The third kappa shape index (κ3) is 3.05. The first-order valence-corrected chi connectivity index (χ1v) is 6.80. The molecule has 1 saturated heterocycles. The third-order valence-corrected chi connectivity index (χ3v) is 4.41. The highest BCUT2D eigenvalue weighted by Gasteiger charge is 2.32. The molecule has 3 nitrogen and oxygen atoms in total. The molecule has 1 aromatic rings. The number of hydrogen-bond donors (Lipinski definition) is 1. The molecule has 0 aromatic carbocycles. The second kappa shape index (κ2) is 5.29. The summed E-state index contributed by atoms with van der Waals surface area (Å²) in [5, 5.41) is 0.552. The Labute approximate surface area is 101 Å². The summed E-state index contributed by atoms with van der Waals surface area (Å²) in [5.41, 5.74) is 5.49. The topological polar surface area (TPSA) is 42.1 Å². The van der Waals surface area contributed by atoms with E-state index in [-0.39, 0.29) is 13.1 Å². The van der Waals surface area contributed by atoms with Crippen molar-refractivity contribution in [3.63, 3.8) is 0 Å². The molecule has 1 aromatic heterocycles. The number of rotatable bonds is 4. The Morgan fingerprint density at radius 3 is 2.75 bits per heavy atom. The van der Waals surface area contributed by atoms with Crippen LogP contribution in [0.5, 0.6) is 0 Å². The largest absolute Gasteiger partial charge is 0.375 e. The summed E-state index contributed by atoms with van der Waals surface area (Å²) in [6.45, 7) is 1.13. The minimum atomic E-state index is -1.32. The van der Waals surface area contributed by atoms with Gasteiger partial charge in [-0.3, -0.25) is 4.90 Å². The molecular weight excluding hydrogens is 252 g/mol. The molecule has 1 aliphatic heterocycles. The van der Waals surface area contributed by atoms with Crippen LogP contribution in [0.4, 0.5) is 13.9 Å². The van der Waals surface area contributed by atoms with E-state index in [2.05, 4.69) is 4.98 Å². The van der Waals surface area contributed by atoms with E-state index < -0.39 is 12.3 Å². The van der Waals surface area contributed by atoms with E-state index in [0.717, 1.165) is 9.96 Å². The minimum Gasteiger partial charge on any atom is -0.375 e. The van der Waals surface area contributed by atoms with Crippen molar-refractivity contribution in [1.82, 2.24) is 9.88 Å². The van der Waals surface area contributed by atoms with Crippen LogP contribution in [0.2, 0.25) is 0 Å². The maximum absolute atomic E-state index is 12.9. The molecule has 2 heterocycles. The van der Waals surface area contributed by atoms with E-state index in [4.69, 9.17) is 5.73 Å². The van der Waals surface area contributed by atoms with Gasteiger partial charge in [0.05, 0.1) is 10.4 Å². The number of anilines is 1. The fourth-order valence-electron chi connectivity index (χ4n) is 1.59. The monoisotopic (exact) mass is 265 g/mol.